The normalized spacial score (nSPS) is 10.9. The molecule has 31 heavy (non-hydrogen) atoms. The summed E-state index contributed by atoms with van der Waals surface area (Å²) in [6.07, 6.45) is 1.95. The van der Waals surface area contributed by atoms with Gasteiger partial charge in [0.25, 0.3) is 17.2 Å². The topological polar surface area (TPSA) is 108 Å². The number of primary amides is 1. The van der Waals surface area contributed by atoms with E-state index < -0.39 is 27.6 Å². The van der Waals surface area contributed by atoms with Crippen molar-refractivity contribution in [3.05, 3.63) is 110 Å². The summed E-state index contributed by atoms with van der Waals surface area (Å²) in [5.41, 5.74) is 5.20. The lowest BCUT2D eigenvalue weighted by atomic mass is 9.87. The van der Waals surface area contributed by atoms with Crippen molar-refractivity contribution in [2.45, 2.75) is 25.3 Å². The molecule has 1 heterocycles. The fraction of sp³-hybridized carbons (Fsp3) is 0.182. The van der Waals surface area contributed by atoms with Gasteiger partial charge in [0.15, 0.2) is 0 Å². The van der Waals surface area contributed by atoms with Crippen LogP contribution in [-0.2, 0) is 6.54 Å². The molecule has 0 aliphatic heterocycles. The second-order valence-corrected chi connectivity index (χ2v) is 7.03. The number of nitrogens with two attached hydrogens (primary N) is 1. The number of carbonyl (C=O) groups is 1. The third kappa shape index (κ3) is 5.19. The van der Waals surface area contributed by atoms with E-state index >= 15 is 0 Å². The van der Waals surface area contributed by atoms with Crippen LogP contribution in [0.4, 0.5) is 14.5 Å². The zero-order valence-corrected chi connectivity index (χ0v) is 16.3. The maximum Gasteiger partial charge on any atom is 0.286 e. The van der Waals surface area contributed by atoms with Crippen molar-refractivity contribution in [1.29, 1.82) is 0 Å². The van der Waals surface area contributed by atoms with Crippen LogP contribution in [0.15, 0.2) is 65.6 Å². The summed E-state index contributed by atoms with van der Waals surface area (Å²) in [6.45, 7) is 0.0969. The molecule has 1 aromatic heterocycles. The minimum Gasteiger partial charge on any atom is -0.365 e. The number of carbonyl (C=O) groups excluding carboxylic acids is 1. The number of rotatable bonds is 8. The lowest BCUT2D eigenvalue weighted by Gasteiger charge is -2.19. The zero-order chi connectivity index (χ0) is 22.5. The number of pyridine rings is 1. The second-order valence-electron chi connectivity index (χ2n) is 7.03. The number of hydrogen-bond acceptors (Lipinski definition) is 4. The fourth-order valence-corrected chi connectivity index (χ4v) is 3.44. The van der Waals surface area contributed by atoms with Gasteiger partial charge in [0.1, 0.15) is 17.2 Å². The summed E-state index contributed by atoms with van der Waals surface area (Å²) < 4.78 is 27.8. The van der Waals surface area contributed by atoms with E-state index in [1.807, 2.05) is 0 Å². The fourth-order valence-electron chi connectivity index (χ4n) is 3.44. The summed E-state index contributed by atoms with van der Waals surface area (Å²) in [5, 5.41) is 11.1. The zero-order valence-electron chi connectivity index (χ0n) is 16.3. The summed E-state index contributed by atoms with van der Waals surface area (Å²) in [6, 6.07) is 12.7. The van der Waals surface area contributed by atoms with Gasteiger partial charge in [0.2, 0.25) is 0 Å². The van der Waals surface area contributed by atoms with E-state index in [2.05, 4.69) is 0 Å². The SMILES string of the molecule is NC(=O)c1cc([N+](=O)[O-])cn(CCCC(c2ccc(F)cc2)c2ccc(F)cc2)c1=O. The van der Waals surface area contributed by atoms with Crippen LogP contribution in [0.25, 0.3) is 0 Å². The van der Waals surface area contributed by atoms with Crippen molar-refractivity contribution in [3.8, 4) is 0 Å². The first kappa shape index (κ1) is 21.8. The predicted molar refractivity (Wildman–Crippen MR) is 110 cm³/mol. The molecule has 9 heteroatoms. The van der Waals surface area contributed by atoms with E-state index in [-0.39, 0.29) is 24.1 Å². The highest BCUT2D eigenvalue weighted by molar-refractivity contribution is 5.92. The van der Waals surface area contributed by atoms with E-state index in [0.29, 0.717) is 12.8 Å². The van der Waals surface area contributed by atoms with Crippen molar-refractivity contribution >= 4 is 11.6 Å². The van der Waals surface area contributed by atoms with E-state index in [1.54, 1.807) is 24.3 Å². The monoisotopic (exact) mass is 427 g/mol. The molecule has 0 bridgehead atoms. The highest BCUT2D eigenvalue weighted by atomic mass is 19.1. The molecule has 2 N–H and O–H groups in total. The third-order valence-corrected chi connectivity index (χ3v) is 4.98. The van der Waals surface area contributed by atoms with Gasteiger partial charge in [-0.1, -0.05) is 24.3 Å². The maximum atomic E-state index is 13.3. The second kappa shape index (κ2) is 9.29. The Bertz CT molecular complexity index is 1110. The van der Waals surface area contributed by atoms with Crippen LogP contribution in [0.5, 0.6) is 0 Å². The van der Waals surface area contributed by atoms with Gasteiger partial charge in [-0.15, -0.1) is 0 Å². The number of nitro groups is 1. The van der Waals surface area contributed by atoms with Gasteiger partial charge in [-0.05, 0) is 48.2 Å². The van der Waals surface area contributed by atoms with Gasteiger partial charge in [-0.2, -0.15) is 0 Å². The van der Waals surface area contributed by atoms with Crippen LogP contribution in [-0.4, -0.2) is 15.4 Å². The minimum atomic E-state index is -1.04. The molecule has 0 spiro atoms. The molecule has 0 saturated heterocycles. The Hall–Kier alpha value is -3.88. The molecule has 0 aliphatic rings. The van der Waals surface area contributed by atoms with Gasteiger partial charge < -0.3 is 10.3 Å². The molecule has 3 rings (SSSR count). The van der Waals surface area contributed by atoms with Crippen molar-refractivity contribution in [2.24, 2.45) is 5.73 Å². The first-order valence-electron chi connectivity index (χ1n) is 9.46. The largest absolute Gasteiger partial charge is 0.365 e. The first-order valence-corrected chi connectivity index (χ1v) is 9.46. The number of aromatic nitrogens is 1. The number of hydrogen-bond donors (Lipinski definition) is 1. The molecule has 0 aliphatic carbocycles. The average molecular weight is 427 g/mol. The Morgan fingerprint density at radius 2 is 1.55 bits per heavy atom. The molecule has 0 radical (unpaired) electrons. The molecule has 0 saturated carbocycles. The number of nitrogens with zero attached hydrogens (tertiary/aromatic N) is 2. The van der Waals surface area contributed by atoms with Crippen LogP contribution in [0.2, 0.25) is 0 Å². The van der Waals surface area contributed by atoms with E-state index in [4.69, 9.17) is 5.73 Å². The van der Waals surface area contributed by atoms with Crippen molar-refractivity contribution < 1.29 is 18.5 Å². The van der Waals surface area contributed by atoms with Crippen molar-refractivity contribution in [1.82, 2.24) is 4.57 Å². The predicted octanol–water partition coefficient (Wildman–Crippen LogP) is 3.75. The van der Waals surface area contributed by atoms with Gasteiger partial charge in [0, 0.05) is 18.5 Å². The molecule has 7 nitrogen and oxygen atoms in total. The molecule has 0 atom stereocenters. The number of aryl methyl sites for hydroxylation is 1. The smallest absolute Gasteiger partial charge is 0.286 e. The van der Waals surface area contributed by atoms with E-state index in [0.717, 1.165) is 28.0 Å². The van der Waals surface area contributed by atoms with Gasteiger partial charge in [0.05, 0.1) is 11.1 Å². The van der Waals surface area contributed by atoms with E-state index in [1.165, 1.54) is 24.3 Å². The maximum absolute atomic E-state index is 13.3. The first-order chi connectivity index (χ1) is 14.8. The number of amides is 1. The van der Waals surface area contributed by atoms with Crippen LogP contribution in [0, 0.1) is 21.7 Å². The Kier molecular flexibility index (Phi) is 6.54. The van der Waals surface area contributed by atoms with Gasteiger partial charge in [-0.25, -0.2) is 8.78 Å². The summed E-state index contributed by atoms with van der Waals surface area (Å²) in [4.78, 5) is 34.3. The third-order valence-electron chi connectivity index (χ3n) is 4.98. The van der Waals surface area contributed by atoms with E-state index in [9.17, 15) is 28.5 Å². The number of benzene rings is 2. The van der Waals surface area contributed by atoms with Crippen LogP contribution in [0.3, 0.4) is 0 Å². The highest BCUT2D eigenvalue weighted by Gasteiger charge is 2.19. The Morgan fingerprint density at radius 3 is 2.00 bits per heavy atom. The molecule has 160 valence electrons. The summed E-state index contributed by atoms with van der Waals surface area (Å²) >= 11 is 0. The average Bonchev–Trinajstić information content (AvgIpc) is 2.73. The standard InChI is InChI=1S/C22H19F2N3O4/c23-16-7-3-14(4-8-16)19(15-5-9-17(24)10-6-15)2-1-11-26-13-18(27(30)31)12-20(21(25)28)22(26)29/h3-10,12-13,19H,1-2,11H2,(H2,25,28). The van der Waals surface area contributed by atoms with Crippen LogP contribution < -0.4 is 11.3 Å². The molecular weight excluding hydrogens is 408 g/mol. The van der Waals surface area contributed by atoms with Gasteiger partial charge in [-0.3, -0.25) is 19.7 Å². The lowest BCUT2D eigenvalue weighted by Crippen LogP contribution is -2.29. The summed E-state index contributed by atoms with van der Waals surface area (Å²) in [7, 11) is 0. The molecule has 1 amide bonds. The Morgan fingerprint density at radius 1 is 1.03 bits per heavy atom. The minimum absolute atomic E-state index is 0.0969. The van der Waals surface area contributed by atoms with Crippen LogP contribution in [0.1, 0.15) is 40.2 Å². The van der Waals surface area contributed by atoms with Crippen molar-refractivity contribution in [3.63, 3.8) is 0 Å². The lowest BCUT2D eigenvalue weighted by molar-refractivity contribution is -0.385. The Balaban J connectivity index is 1.86. The molecule has 2 aromatic carbocycles. The van der Waals surface area contributed by atoms with Crippen LogP contribution >= 0.6 is 0 Å². The molecule has 0 fully saturated rings. The molecule has 0 unspecified atom stereocenters. The Labute approximate surface area is 175 Å². The van der Waals surface area contributed by atoms with Gasteiger partial charge >= 0.3 is 0 Å². The quantitative estimate of drug-likeness (QED) is 0.436. The summed E-state index contributed by atoms with van der Waals surface area (Å²) in [5.74, 6) is -2.03. The van der Waals surface area contributed by atoms with Crippen molar-refractivity contribution in [2.75, 3.05) is 0 Å². The highest BCUT2D eigenvalue weighted by Crippen LogP contribution is 2.30. The molecular formula is C22H19F2N3O4. The number of halogens is 2. The molecule has 3 aromatic rings.